The lowest BCUT2D eigenvalue weighted by molar-refractivity contribution is -0.167. The Labute approximate surface area is 466 Å². The average Bonchev–Trinajstić information content (AvgIpc) is 3.41. The summed E-state index contributed by atoms with van der Waals surface area (Å²) >= 11 is 0. The van der Waals surface area contributed by atoms with Crippen LogP contribution in [0.4, 0.5) is 0 Å². The van der Waals surface area contributed by atoms with Crippen LogP contribution in [0.2, 0.25) is 0 Å². The van der Waals surface area contributed by atoms with Gasteiger partial charge in [0.25, 0.3) is 0 Å². The molecule has 0 aromatic carbocycles. The lowest BCUT2D eigenvalue weighted by Gasteiger charge is -2.18. The molecule has 75 heavy (non-hydrogen) atoms. The van der Waals surface area contributed by atoms with Crippen LogP contribution in [-0.2, 0) is 28.6 Å². The van der Waals surface area contributed by atoms with Crippen molar-refractivity contribution in [3.8, 4) is 0 Å². The van der Waals surface area contributed by atoms with Gasteiger partial charge in [-0.2, -0.15) is 0 Å². The van der Waals surface area contributed by atoms with Crippen molar-refractivity contribution in [1.29, 1.82) is 0 Å². The molecule has 1 unspecified atom stereocenters. The number of carbonyl (C=O) groups is 3. The monoisotopic (exact) mass is 1050 g/mol. The minimum Gasteiger partial charge on any atom is -0.462 e. The van der Waals surface area contributed by atoms with Gasteiger partial charge in [0.1, 0.15) is 13.2 Å². The molecule has 0 aromatic rings. The van der Waals surface area contributed by atoms with Crippen LogP contribution in [0.1, 0.15) is 342 Å². The molecule has 0 aromatic heterocycles. The molecule has 436 valence electrons. The second kappa shape index (κ2) is 63.6. The summed E-state index contributed by atoms with van der Waals surface area (Å²) in [7, 11) is 0. The van der Waals surface area contributed by atoms with Crippen LogP contribution in [0.15, 0.2) is 60.8 Å². The molecule has 0 amide bonds. The molecule has 0 bridgehead atoms. The lowest BCUT2D eigenvalue weighted by atomic mass is 10.1. The SMILES string of the molecule is CCCCC/C=C\C/C=C\CCCCCCCC(=O)OCC(COC(=O)CCCCCCCCCCC/C=C\C/C=C\CCCCCCC)OC(=O)CCCCCCCCCCC/C=C\CCCCCCCCCC. The second-order valence-electron chi connectivity index (χ2n) is 22.0. The largest absolute Gasteiger partial charge is 0.462 e. The molecule has 0 saturated heterocycles. The Kier molecular flexibility index (Phi) is 61.2. The van der Waals surface area contributed by atoms with Crippen molar-refractivity contribution in [2.24, 2.45) is 0 Å². The third-order valence-corrected chi connectivity index (χ3v) is 14.5. The molecule has 0 aliphatic heterocycles. The average molecular weight is 1050 g/mol. The van der Waals surface area contributed by atoms with Gasteiger partial charge in [-0.1, -0.05) is 274 Å². The summed E-state index contributed by atoms with van der Waals surface area (Å²) in [5.41, 5.74) is 0. The quantitative estimate of drug-likeness (QED) is 0.0261. The number of allylic oxidation sites excluding steroid dienone is 10. The third kappa shape index (κ3) is 61.8. The van der Waals surface area contributed by atoms with Gasteiger partial charge in [-0.15, -0.1) is 0 Å². The Morgan fingerprint density at radius 2 is 0.480 bits per heavy atom. The Morgan fingerprint density at radius 1 is 0.267 bits per heavy atom. The van der Waals surface area contributed by atoms with Crippen LogP contribution in [0.5, 0.6) is 0 Å². The molecule has 6 heteroatoms. The maximum atomic E-state index is 12.9. The molecule has 0 N–H and O–H groups in total. The highest BCUT2D eigenvalue weighted by atomic mass is 16.6. The predicted octanol–water partition coefficient (Wildman–Crippen LogP) is 22.3. The van der Waals surface area contributed by atoms with Gasteiger partial charge in [0.15, 0.2) is 6.10 Å². The highest BCUT2D eigenvalue weighted by Crippen LogP contribution is 2.16. The summed E-state index contributed by atoms with van der Waals surface area (Å²) in [6, 6.07) is 0. The number of ether oxygens (including phenoxy) is 3. The van der Waals surface area contributed by atoms with E-state index in [1.54, 1.807) is 0 Å². The molecule has 0 aliphatic rings. The number of rotatable bonds is 60. The van der Waals surface area contributed by atoms with Gasteiger partial charge < -0.3 is 14.2 Å². The van der Waals surface area contributed by atoms with E-state index in [4.69, 9.17) is 14.2 Å². The molecule has 0 aliphatic carbocycles. The van der Waals surface area contributed by atoms with Gasteiger partial charge in [-0.25, -0.2) is 0 Å². The summed E-state index contributed by atoms with van der Waals surface area (Å²) < 4.78 is 16.9. The summed E-state index contributed by atoms with van der Waals surface area (Å²) in [5.74, 6) is -0.882. The Hall–Kier alpha value is -2.89. The lowest BCUT2D eigenvalue weighted by Crippen LogP contribution is -2.30. The predicted molar refractivity (Wildman–Crippen MR) is 325 cm³/mol. The summed E-state index contributed by atoms with van der Waals surface area (Å²) in [5, 5.41) is 0. The fraction of sp³-hybridized carbons (Fsp3) is 0.812. The molecule has 0 saturated carbocycles. The van der Waals surface area contributed by atoms with E-state index in [2.05, 4.69) is 81.5 Å². The van der Waals surface area contributed by atoms with E-state index in [0.29, 0.717) is 19.3 Å². The van der Waals surface area contributed by atoms with Crippen LogP contribution >= 0.6 is 0 Å². The summed E-state index contributed by atoms with van der Waals surface area (Å²) in [6.45, 7) is 6.63. The second-order valence-corrected chi connectivity index (χ2v) is 22.0. The van der Waals surface area contributed by atoms with E-state index >= 15 is 0 Å². The zero-order chi connectivity index (χ0) is 54.3. The zero-order valence-corrected chi connectivity index (χ0v) is 50.1. The number of hydrogen-bond donors (Lipinski definition) is 0. The summed E-state index contributed by atoms with van der Waals surface area (Å²) in [6.07, 6.45) is 80.8. The fourth-order valence-electron chi connectivity index (χ4n) is 9.50. The number of carbonyl (C=O) groups excluding carboxylic acids is 3. The van der Waals surface area contributed by atoms with Crippen molar-refractivity contribution in [2.45, 2.75) is 348 Å². The van der Waals surface area contributed by atoms with Gasteiger partial charge in [0.05, 0.1) is 0 Å². The van der Waals surface area contributed by atoms with Crippen LogP contribution < -0.4 is 0 Å². The van der Waals surface area contributed by atoms with Crippen molar-refractivity contribution in [3.63, 3.8) is 0 Å². The van der Waals surface area contributed by atoms with Gasteiger partial charge in [0, 0.05) is 19.3 Å². The van der Waals surface area contributed by atoms with Crippen LogP contribution in [-0.4, -0.2) is 37.2 Å². The first kappa shape index (κ1) is 72.1. The minimum absolute atomic E-state index is 0.0801. The molecular formula is C69H124O6. The van der Waals surface area contributed by atoms with E-state index < -0.39 is 6.10 Å². The third-order valence-electron chi connectivity index (χ3n) is 14.5. The van der Waals surface area contributed by atoms with Gasteiger partial charge >= 0.3 is 17.9 Å². The maximum absolute atomic E-state index is 12.9. The highest BCUT2D eigenvalue weighted by molar-refractivity contribution is 5.71. The highest BCUT2D eigenvalue weighted by Gasteiger charge is 2.19. The van der Waals surface area contributed by atoms with E-state index in [9.17, 15) is 14.4 Å². The molecule has 0 rings (SSSR count). The van der Waals surface area contributed by atoms with E-state index in [-0.39, 0.29) is 31.1 Å². The molecular weight excluding hydrogens is 925 g/mol. The smallest absolute Gasteiger partial charge is 0.306 e. The molecule has 1 atom stereocenters. The maximum Gasteiger partial charge on any atom is 0.306 e. The Balaban J connectivity index is 4.36. The van der Waals surface area contributed by atoms with Crippen molar-refractivity contribution < 1.29 is 28.6 Å². The normalized spacial score (nSPS) is 12.4. The molecule has 0 fully saturated rings. The molecule has 0 spiro atoms. The van der Waals surface area contributed by atoms with E-state index in [0.717, 1.165) is 83.5 Å². The van der Waals surface area contributed by atoms with Gasteiger partial charge in [-0.3, -0.25) is 14.4 Å². The first-order valence-electron chi connectivity index (χ1n) is 32.8. The molecule has 0 heterocycles. The van der Waals surface area contributed by atoms with Gasteiger partial charge in [-0.05, 0) is 109 Å². The number of esters is 3. The molecule has 0 radical (unpaired) electrons. The Bertz CT molecular complexity index is 1340. The Morgan fingerprint density at radius 3 is 0.773 bits per heavy atom. The topological polar surface area (TPSA) is 78.9 Å². The first-order chi connectivity index (χ1) is 37.0. The van der Waals surface area contributed by atoms with Gasteiger partial charge in [0.2, 0.25) is 0 Å². The first-order valence-corrected chi connectivity index (χ1v) is 32.8. The molecule has 6 nitrogen and oxygen atoms in total. The zero-order valence-electron chi connectivity index (χ0n) is 50.1. The van der Waals surface area contributed by atoms with Crippen molar-refractivity contribution in [2.75, 3.05) is 13.2 Å². The van der Waals surface area contributed by atoms with E-state index in [1.165, 1.54) is 218 Å². The van der Waals surface area contributed by atoms with E-state index in [1.807, 2.05) is 0 Å². The van der Waals surface area contributed by atoms with Crippen LogP contribution in [0, 0.1) is 0 Å². The van der Waals surface area contributed by atoms with Crippen LogP contribution in [0.25, 0.3) is 0 Å². The fourth-order valence-corrected chi connectivity index (χ4v) is 9.50. The summed E-state index contributed by atoms with van der Waals surface area (Å²) in [4.78, 5) is 38.3. The number of hydrogen-bond acceptors (Lipinski definition) is 6. The van der Waals surface area contributed by atoms with Crippen LogP contribution in [0.3, 0.4) is 0 Å². The minimum atomic E-state index is -0.784. The van der Waals surface area contributed by atoms with Crippen molar-refractivity contribution in [1.82, 2.24) is 0 Å². The van der Waals surface area contributed by atoms with Crippen molar-refractivity contribution in [3.05, 3.63) is 60.8 Å². The standard InChI is InChI=1S/C69H124O6/c1-4-7-10-13-16-19-22-25-28-30-32-34-36-38-41-44-47-50-53-56-59-62-68(71)74-65-66(64-73-67(70)61-58-55-52-49-46-43-40-27-24-21-18-15-12-9-6-3)75-69(72)63-60-57-54-51-48-45-42-39-37-35-33-31-29-26-23-20-17-14-11-8-5-2/h18,21-22,25,27,30-33,40,66H,4-17,19-20,23-24,26,28-29,34-39,41-65H2,1-3H3/b21-18-,25-22-,32-30-,33-31-,40-27-. The van der Waals surface area contributed by atoms with Crippen molar-refractivity contribution >= 4 is 17.9 Å². The number of unbranched alkanes of at least 4 members (excludes halogenated alkanes) is 39.